The van der Waals surface area contributed by atoms with Crippen molar-refractivity contribution < 1.29 is 0 Å². The SMILES string of the molecule is Clc1cnc(Cn2c3ccccc3c3ccccc32)cn1. The van der Waals surface area contributed by atoms with E-state index in [1.165, 1.54) is 21.8 Å². The minimum atomic E-state index is 0.418. The summed E-state index contributed by atoms with van der Waals surface area (Å²) in [6, 6.07) is 16.8. The molecule has 0 aliphatic carbocycles. The van der Waals surface area contributed by atoms with E-state index >= 15 is 0 Å². The molecule has 0 radical (unpaired) electrons. The molecular weight excluding hydrogens is 282 g/mol. The third-order valence-corrected chi connectivity index (χ3v) is 3.87. The summed E-state index contributed by atoms with van der Waals surface area (Å²) in [6.07, 6.45) is 3.32. The van der Waals surface area contributed by atoms with E-state index in [4.69, 9.17) is 11.6 Å². The van der Waals surface area contributed by atoms with E-state index in [1.54, 1.807) is 12.4 Å². The molecule has 0 unspecified atom stereocenters. The van der Waals surface area contributed by atoms with Crippen LogP contribution in [0.25, 0.3) is 21.8 Å². The van der Waals surface area contributed by atoms with Crippen LogP contribution in [0.3, 0.4) is 0 Å². The first-order valence-electron chi connectivity index (χ1n) is 6.75. The summed E-state index contributed by atoms with van der Waals surface area (Å²) in [5, 5.41) is 2.94. The molecule has 0 fully saturated rings. The Morgan fingerprint density at radius 2 is 1.43 bits per heavy atom. The van der Waals surface area contributed by atoms with Gasteiger partial charge in [-0.05, 0) is 12.1 Å². The number of rotatable bonds is 2. The minimum Gasteiger partial charge on any atom is -0.334 e. The lowest BCUT2D eigenvalue weighted by Crippen LogP contribution is -2.01. The van der Waals surface area contributed by atoms with Crippen LogP contribution in [-0.4, -0.2) is 14.5 Å². The maximum atomic E-state index is 5.80. The second-order valence-corrected chi connectivity index (χ2v) is 5.34. The first kappa shape index (κ1) is 12.4. The Morgan fingerprint density at radius 1 is 0.810 bits per heavy atom. The molecule has 4 heteroatoms. The van der Waals surface area contributed by atoms with Gasteiger partial charge < -0.3 is 4.57 Å². The Labute approximate surface area is 126 Å². The lowest BCUT2D eigenvalue weighted by atomic mass is 10.2. The Morgan fingerprint density at radius 3 is 2.00 bits per heavy atom. The zero-order chi connectivity index (χ0) is 14.2. The van der Waals surface area contributed by atoms with E-state index in [1.807, 2.05) is 0 Å². The van der Waals surface area contributed by atoms with Crippen molar-refractivity contribution >= 4 is 33.4 Å². The summed E-state index contributed by atoms with van der Waals surface area (Å²) in [4.78, 5) is 8.46. The zero-order valence-corrected chi connectivity index (χ0v) is 12.0. The Kier molecular flexibility index (Phi) is 2.86. The number of halogens is 1. The van der Waals surface area contributed by atoms with Gasteiger partial charge in [0, 0.05) is 21.8 Å². The fraction of sp³-hybridized carbons (Fsp3) is 0.0588. The molecule has 0 atom stereocenters. The van der Waals surface area contributed by atoms with E-state index in [-0.39, 0.29) is 0 Å². The van der Waals surface area contributed by atoms with Gasteiger partial charge in [-0.2, -0.15) is 0 Å². The molecular formula is C17H12ClN3. The van der Waals surface area contributed by atoms with Crippen LogP contribution in [0.5, 0.6) is 0 Å². The fourth-order valence-electron chi connectivity index (χ4n) is 2.76. The van der Waals surface area contributed by atoms with Crippen molar-refractivity contribution in [1.29, 1.82) is 0 Å². The second-order valence-electron chi connectivity index (χ2n) is 4.95. The average molecular weight is 294 g/mol. The predicted octanol–water partition coefficient (Wildman–Crippen LogP) is 4.29. The topological polar surface area (TPSA) is 30.7 Å². The van der Waals surface area contributed by atoms with Crippen molar-refractivity contribution in [1.82, 2.24) is 14.5 Å². The van der Waals surface area contributed by atoms with Crippen molar-refractivity contribution in [2.24, 2.45) is 0 Å². The summed E-state index contributed by atoms with van der Waals surface area (Å²) >= 11 is 5.80. The van der Waals surface area contributed by atoms with Crippen LogP contribution >= 0.6 is 11.6 Å². The van der Waals surface area contributed by atoms with Gasteiger partial charge in [0.2, 0.25) is 0 Å². The summed E-state index contributed by atoms with van der Waals surface area (Å²) < 4.78 is 2.27. The van der Waals surface area contributed by atoms with Gasteiger partial charge in [-0.3, -0.25) is 4.98 Å². The van der Waals surface area contributed by atoms with Gasteiger partial charge >= 0.3 is 0 Å². The highest BCUT2D eigenvalue weighted by Crippen LogP contribution is 2.29. The highest BCUT2D eigenvalue weighted by atomic mass is 35.5. The monoisotopic (exact) mass is 293 g/mol. The Bertz CT molecular complexity index is 872. The van der Waals surface area contributed by atoms with Crippen molar-refractivity contribution in [3.8, 4) is 0 Å². The third-order valence-electron chi connectivity index (χ3n) is 3.67. The van der Waals surface area contributed by atoms with Crippen LogP contribution in [0.1, 0.15) is 5.69 Å². The first-order valence-corrected chi connectivity index (χ1v) is 7.13. The first-order chi connectivity index (χ1) is 10.3. The van der Waals surface area contributed by atoms with Gasteiger partial charge in [-0.15, -0.1) is 0 Å². The predicted molar refractivity (Wildman–Crippen MR) is 85.6 cm³/mol. The summed E-state index contributed by atoms with van der Waals surface area (Å²) in [5.74, 6) is 0. The molecule has 0 amide bonds. The van der Waals surface area contributed by atoms with E-state index in [2.05, 4.69) is 63.1 Å². The van der Waals surface area contributed by atoms with Gasteiger partial charge in [0.25, 0.3) is 0 Å². The van der Waals surface area contributed by atoms with E-state index in [9.17, 15) is 0 Å². The third kappa shape index (κ3) is 2.06. The molecule has 2 heterocycles. The van der Waals surface area contributed by atoms with Crippen LogP contribution in [0.4, 0.5) is 0 Å². The number of aromatic nitrogens is 3. The quantitative estimate of drug-likeness (QED) is 0.552. The van der Waals surface area contributed by atoms with Gasteiger partial charge in [-0.25, -0.2) is 4.98 Å². The number of benzene rings is 2. The van der Waals surface area contributed by atoms with Crippen LogP contribution < -0.4 is 0 Å². The van der Waals surface area contributed by atoms with E-state index < -0.39 is 0 Å². The maximum absolute atomic E-state index is 5.80. The minimum absolute atomic E-state index is 0.418. The molecule has 2 aromatic carbocycles. The average Bonchev–Trinajstić information content (AvgIpc) is 2.85. The maximum Gasteiger partial charge on any atom is 0.147 e. The fourth-order valence-corrected chi connectivity index (χ4v) is 2.85. The van der Waals surface area contributed by atoms with Crippen LogP contribution in [0, 0.1) is 0 Å². The van der Waals surface area contributed by atoms with Gasteiger partial charge in [0.15, 0.2) is 0 Å². The molecule has 0 aliphatic rings. The van der Waals surface area contributed by atoms with Gasteiger partial charge in [0.1, 0.15) is 5.15 Å². The second kappa shape index (κ2) is 4.86. The molecule has 21 heavy (non-hydrogen) atoms. The van der Waals surface area contributed by atoms with Crippen molar-refractivity contribution in [2.45, 2.75) is 6.54 Å². The Hall–Kier alpha value is -2.39. The molecule has 3 nitrogen and oxygen atoms in total. The standard InChI is InChI=1S/C17H12ClN3/c18-17-10-19-12(9-20-17)11-21-15-7-3-1-5-13(15)14-6-2-4-8-16(14)21/h1-10H,11H2. The van der Waals surface area contributed by atoms with Crippen molar-refractivity contribution in [3.05, 3.63) is 71.8 Å². The molecule has 4 rings (SSSR count). The lowest BCUT2D eigenvalue weighted by molar-refractivity contribution is 0.826. The highest BCUT2D eigenvalue weighted by molar-refractivity contribution is 6.29. The van der Waals surface area contributed by atoms with Crippen LogP contribution in [0.15, 0.2) is 60.9 Å². The van der Waals surface area contributed by atoms with Gasteiger partial charge in [0.05, 0.1) is 24.6 Å². The molecule has 102 valence electrons. The summed E-state index contributed by atoms with van der Waals surface area (Å²) in [5.41, 5.74) is 3.30. The molecule has 0 spiro atoms. The molecule has 0 saturated heterocycles. The molecule has 0 saturated carbocycles. The summed E-state index contributed by atoms with van der Waals surface area (Å²) in [7, 11) is 0. The highest BCUT2D eigenvalue weighted by Gasteiger charge is 2.10. The molecule has 2 aromatic heterocycles. The van der Waals surface area contributed by atoms with Gasteiger partial charge in [-0.1, -0.05) is 48.0 Å². The van der Waals surface area contributed by atoms with Crippen LogP contribution in [0.2, 0.25) is 5.15 Å². The molecule has 4 aromatic rings. The van der Waals surface area contributed by atoms with Crippen molar-refractivity contribution in [3.63, 3.8) is 0 Å². The lowest BCUT2D eigenvalue weighted by Gasteiger charge is -2.06. The molecule has 0 N–H and O–H groups in total. The van der Waals surface area contributed by atoms with E-state index in [0.717, 1.165) is 5.69 Å². The normalized spacial score (nSPS) is 11.3. The Balaban J connectivity index is 1.95. The van der Waals surface area contributed by atoms with Crippen LogP contribution in [-0.2, 0) is 6.54 Å². The number of fused-ring (bicyclic) bond motifs is 3. The smallest absolute Gasteiger partial charge is 0.147 e. The molecule has 0 bridgehead atoms. The number of nitrogens with zero attached hydrogens (tertiary/aromatic N) is 3. The number of hydrogen-bond acceptors (Lipinski definition) is 2. The van der Waals surface area contributed by atoms with E-state index in [0.29, 0.717) is 11.7 Å². The number of para-hydroxylation sites is 2. The molecule has 0 aliphatic heterocycles. The number of hydrogen-bond donors (Lipinski definition) is 0. The largest absolute Gasteiger partial charge is 0.334 e. The zero-order valence-electron chi connectivity index (χ0n) is 11.2. The van der Waals surface area contributed by atoms with Crippen molar-refractivity contribution in [2.75, 3.05) is 0 Å². The summed E-state index contributed by atoms with van der Waals surface area (Å²) in [6.45, 7) is 0.679.